The van der Waals surface area contributed by atoms with E-state index in [1.54, 1.807) is 12.3 Å². The van der Waals surface area contributed by atoms with Crippen molar-refractivity contribution in [3.8, 4) is 11.5 Å². The lowest BCUT2D eigenvalue weighted by atomic mass is 10.2. The van der Waals surface area contributed by atoms with Crippen LogP contribution in [0.5, 0.6) is 11.5 Å². The van der Waals surface area contributed by atoms with Gasteiger partial charge in [-0.1, -0.05) is 23.7 Å². The Hall–Kier alpha value is -3.42. The number of nitrogens with two attached hydrogens (primary N) is 1. The number of nitrogens with one attached hydrogen (secondary N) is 1. The van der Waals surface area contributed by atoms with Crippen LogP contribution in [0.1, 0.15) is 12.6 Å². The van der Waals surface area contributed by atoms with Gasteiger partial charge in [0.1, 0.15) is 36.4 Å². The average Bonchev–Trinajstić information content (AvgIpc) is 2.79. The molecule has 0 spiro atoms. The highest BCUT2D eigenvalue weighted by molar-refractivity contribution is 6.32. The van der Waals surface area contributed by atoms with Gasteiger partial charge in [0.05, 0.1) is 21.6 Å². The van der Waals surface area contributed by atoms with Gasteiger partial charge in [0.25, 0.3) is 0 Å². The Morgan fingerprint density at radius 1 is 1.03 bits per heavy atom. The summed E-state index contributed by atoms with van der Waals surface area (Å²) in [6, 6.07) is 16.8. The molecular formula is C23H22ClN5O2. The van der Waals surface area contributed by atoms with Gasteiger partial charge in [-0.3, -0.25) is 4.98 Å². The van der Waals surface area contributed by atoms with Crippen molar-refractivity contribution >= 4 is 34.0 Å². The van der Waals surface area contributed by atoms with E-state index in [-0.39, 0.29) is 6.10 Å². The van der Waals surface area contributed by atoms with Gasteiger partial charge in [0, 0.05) is 18.4 Å². The van der Waals surface area contributed by atoms with Crippen LogP contribution in [0, 0.1) is 0 Å². The predicted molar refractivity (Wildman–Crippen MR) is 122 cm³/mol. The van der Waals surface area contributed by atoms with Crippen molar-refractivity contribution in [2.24, 2.45) is 5.73 Å². The van der Waals surface area contributed by atoms with Gasteiger partial charge in [-0.15, -0.1) is 0 Å². The van der Waals surface area contributed by atoms with E-state index in [1.165, 1.54) is 6.33 Å². The molecule has 1 atom stereocenters. The van der Waals surface area contributed by atoms with Crippen LogP contribution >= 0.6 is 11.6 Å². The molecule has 0 bridgehead atoms. The molecule has 0 amide bonds. The minimum atomic E-state index is -0.136. The molecule has 0 aliphatic heterocycles. The Morgan fingerprint density at radius 3 is 2.71 bits per heavy atom. The zero-order chi connectivity index (χ0) is 21.6. The summed E-state index contributed by atoms with van der Waals surface area (Å²) >= 11 is 6.44. The number of aromatic nitrogens is 3. The number of fused-ring (bicyclic) bond motifs is 1. The number of nitrogens with zero attached hydrogens (tertiary/aromatic N) is 3. The molecule has 3 N–H and O–H groups in total. The molecule has 0 unspecified atom stereocenters. The second-order valence-corrected chi connectivity index (χ2v) is 7.32. The van der Waals surface area contributed by atoms with E-state index in [0.717, 1.165) is 22.3 Å². The minimum absolute atomic E-state index is 0.136. The van der Waals surface area contributed by atoms with Crippen LogP contribution < -0.4 is 20.5 Å². The molecule has 2 aromatic heterocycles. The second-order valence-electron chi connectivity index (χ2n) is 6.92. The molecule has 4 aromatic rings. The van der Waals surface area contributed by atoms with Crippen molar-refractivity contribution in [3.63, 3.8) is 0 Å². The van der Waals surface area contributed by atoms with Gasteiger partial charge >= 0.3 is 0 Å². The second kappa shape index (κ2) is 9.59. The molecule has 158 valence electrons. The molecule has 0 aliphatic rings. The molecule has 0 saturated heterocycles. The van der Waals surface area contributed by atoms with Crippen LogP contribution in [0.4, 0.5) is 11.5 Å². The van der Waals surface area contributed by atoms with Crippen LogP contribution in [0.2, 0.25) is 5.02 Å². The van der Waals surface area contributed by atoms with E-state index in [2.05, 4.69) is 20.3 Å². The summed E-state index contributed by atoms with van der Waals surface area (Å²) in [6.07, 6.45) is 3.10. The molecule has 8 heteroatoms. The largest absolute Gasteiger partial charge is 0.489 e. The molecule has 0 saturated carbocycles. The lowest BCUT2D eigenvalue weighted by molar-refractivity contribution is 0.233. The quantitative estimate of drug-likeness (QED) is 0.413. The topological polar surface area (TPSA) is 95.2 Å². The van der Waals surface area contributed by atoms with Crippen molar-refractivity contribution < 1.29 is 9.47 Å². The van der Waals surface area contributed by atoms with Gasteiger partial charge in [-0.2, -0.15) is 0 Å². The Bertz CT molecular complexity index is 1170. The predicted octanol–water partition coefficient (Wildman–Crippen LogP) is 4.73. The highest BCUT2D eigenvalue weighted by Gasteiger charge is 2.13. The normalized spacial score (nSPS) is 11.8. The molecule has 0 radical (unpaired) electrons. The smallest absolute Gasteiger partial charge is 0.145 e. The van der Waals surface area contributed by atoms with Crippen molar-refractivity contribution in [2.45, 2.75) is 19.6 Å². The first-order valence-electron chi connectivity index (χ1n) is 9.84. The highest BCUT2D eigenvalue weighted by atomic mass is 35.5. The first-order chi connectivity index (χ1) is 15.1. The fourth-order valence-corrected chi connectivity index (χ4v) is 3.24. The third-order valence-electron chi connectivity index (χ3n) is 4.58. The maximum Gasteiger partial charge on any atom is 0.145 e. The summed E-state index contributed by atoms with van der Waals surface area (Å²) < 4.78 is 11.8. The molecule has 7 nitrogen and oxygen atoms in total. The van der Waals surface area contributed by atoms with Crippen molar-refractivity contribution in [2.75, 3.05) is 11.9 Å². The van der Waals surface area contributed by atoms with Gasteiger partial charge in [0.2, 0.25) is 0 Å². The summed E-state index contributed by atoms with van der Waals surface area (Å²) in [7, 11) is 0. The fourth-order valence-electron chi connectivity index (χ4n) is 3.00. The summed E-state index contributed by atoms with van der Waals surface area (Å²) in [5.74, 6) is 1.86. The first-order valence-corrected chi connectivity index (χ1v) is 10.2. The zero-order valence-corrected chi connectivity index (χ0v) is 17.7. The molecule has 2 heterocycles. The van der Waals surface area contributed by atoms with E-state index in [9.17, 15) is 0 Å². The maximum atomic E-state index is 6.44. The molecule has 2 aromatic carbocycles. The van der Waals surface area contributed by atoms with Crippen LogP contribution in [-0.4, -0.2) is 27.6 Å². The molecule has 4 rings (SSSR count). The van der Waals surface area contributed by atoms with Crippen molar-refractivity contribution in [3.05, 3.63) is 77.8 Å². The van der Waals surface area contributed by atoms with E-state index in [0.29, 0.717) is 35.5 Å². The van der Waals surface area contributed by atoms with Crippen LogP contribution in [-0.2, 0) is 6.61 Å². The number of hydrogen-bond donors (Lipinski definition) is 2. The van der Waals surface area contributed by atoms with E-state index in [1.807, 2.05) is 55.5 Å². The van der Waals surface area contributed by atoms with Gasteiger partial charge in [-0.25, -0.2) is 9.97 Å². The molecule has 31 heavy (non-hydrogen) atoms. The van der Waals surface area contributed by atoms with Gasteiger partial charge in [0.15, 0.2) is 0 Å². The maximum absolute atomic E-state index is 6.44. The number of hydrogen-bond acceptors (Lipinski definition) is 7. The number of rotatable bonds is 8. The third-order valence-corrected chi connectivity index (χ3v) is 4.88. The first kappa shape index (κ1) is 20.8. The van der Waals surface area contributed by atoms with E-state index < -0.39 is 0 Å². The van der Waals surface area contributed by atoms with E-state index in [4.69, 9.17) is 26.8 Å². The van der Waals surface area contributed by atoms with Crippen molar-refractivity contribution in [1.82, 2.24) is 15.0 Å². The Kier molecular flexibility index (Phi) is 6.45. The lowest BCUT2D eigenvalue weighted by Gasteiger charge is -2.16. The monoisotopic (exact) mass is 435 g/mol. The lowest BCUT2D eigenvalue weighted by Crippen LogP contribution is -2.23. The Morgan fingerprint density at radius 2 is 1.94 bits per heavy atom. The number of anilines is 2. The number of halogens is 1. The highest BCUT2D eigenvalue weighted by Crippen LogP contribution is 2.34. The minimum Gasteiger partial charge on any atom is -0.489 e. The van der Waals surface area contributed by atoms with Crippen LogP contribution in [0.15, 0.2) is 67.1 Å². The summed E-state index contributed by atoms with van der Waals surface area (Å²) in [4.78, 5) is 13.0. The fraction of sp³-hybridized carbons (Fsp3) is 0.174. The van der Waals surface area contributed by atoms with Gasteiger partial charge < -0.3 is 20.5 Å². The standard InChI is InChI=1S/C23H22ClN5O2/c1-15(12-25)31-21-7-4-6-19-22(21)23(28-14-27-19)29-16-8-9-20(18(24)11-16)30-13-17-5-2-3-10-26-17/h2-11,14-15H,12-13,25H2,1H3,(H,27,28,29)/t15-/m0/s1. The number of benzene rings is 2. The SMILES string of the molecule is C[C@@H](CN)Oc1cccc2ncnc(Nc3ccc(OCc4ccccn4)c(Cl)c3)c12. The molecule has 0 aliphatic carbocycles. The summed E-state index contributed by atoms with van der Waals surface area (Å²) in [5.41, 5.74) is 8.07. The third kappa shape index (κ3) is 5.02. The van der Waals surface area contributed by atoms with Gasteiger partial charge in [-0.05, 0) is 49.4 Å². The molecule has 0 fully saturated rings. The van der Waals surface area contributed by atoms with Crippen LogP contribution in [0.25, 0.3) is 10.9 Å². The number of ether oxygens (including phenoxy) is 2. The summed E-state index contributed by atoms with van der Waals surface area (Å²) in [5, 5.41) is 4.56. The van der Waals surface area contributed by atoms with Crippen molar-refractivity contribution in [1.29, 1.82) is 0 Å². The Labute approximate surface area is 185 Å². The van der Waals surface area contributed by atoms with Crippen LogP contribution in [0.3, 0.4) is 0 Å². The summed E-state index contributed by atoms with van der Waals surface area (Å²) in [6.45, 7) is 2.66. The average molecular weight is 436 g/mol. The van der Waals surface area contributed by atoms with E-state index >= 15 is 0 Å². The Balaban J connectivity index is 1.57. The number of pyridine rings is 1. The zero-order valence-electron chi connectivity index (χ0n) is 17.0. The molecular weight excluding hydrogens is 414 g/mol.